The van der Waals surface area contributed by atoms with E-state index in [1.807, 2.05) is 50.2 Å². The maximum absolute atomic E-state index is 12.6. The van der Waals surface area contributed by atoms with Gasteiger partial charge in [-0.05, 0) is 38.1 Å². The van der Waals surface area contributed by atoms with Gasteiger partial charge in [-0.3, -0.25) is 9.59 Å². The van der Waals surface area contributed by atoms with Crippen molar-refractivity contribution in [2.45, 2.75) is 13.8 Å². The highest BCUT2D eigenvalue weighted by atomic mass is 16.2. The molecule has 0 saturated carbocycles. The highest BCUT2D eigenvalue weighted by Crippen LogP contribution is 2.17. The second-order valence-electron chi connectivity index (χ2n) is 6.08. The molecule has 0 aliphatic heterocycles. The van der Waals surface area contributed by atoms with Crippen LogP contribution in [0.25, 0.3) is 0 Å². The van der Waals surface area contributed by atoms with E-state index in [2.05, 4.69) is 17.2 Å². The van der Waals surface area contributed by atoms with Crippen molar-refractivity contribution in [1.82, 2.24) is 4.90 Å². The van der Waals surface area contributed by atoms with Crippen LogP contribution in [0.5, 0.6) is 0 Å². The van der Waals surface area contributed by atoms with Crippen LogP contribution in [0.4, 0.5) is 11.4 Å². The van der Waals surface area contributed by atoms with Crippen LogP contribution in [0.1, 0.15) is 24.2 Å². The molecule has 0 spiro atoms. The molecule has 0 heterocycles. The smallest absolute Gasteiger partial charge is 0.257 e. The number of rotatable bonds is 8. The number of carbonyl (C=O) groups excluding carboxylic acids is 2. The molecular formula is C21H25N3O2. The van der Waals surface area contributed by atoms with Gasteiger partial charge in [-0.15, -0.1) is 0 Å². The second kappa shape index (κ2) is 9.42. The molecule has 0 saturated heterocycles. The molecule has 0 aliphatic rings. The van der Waals surface area contributed by atoms with Crippen LogP contribution in [0.15, 0.2) is 66.7 Å². The lowest BCUT2D eigenvalue weighted by atomic mass is 10.1. The molecule has 136 valence electrons. The highest BCUT2D eigenvalue weighted by Gasteiger charge is 2.14. The van der Waals surface area contributed by atoms with Crippen molar-refractivity contribution in [2.24, 2.45) is 0 Å². The summed E-state index contributed by atoms with van der Waals surface area (Å²) in [6.45, 7) is 8.95. The number of amides is 2. The van der Waals surface area contributed by atoms with E-state index in [0.717, 1.165) is 11.3 Å². The van der Waals surface area contributed by atoms with Crippen LogP contribution in [0, 0.1) is 0 Å². The minimum Gasteiger partial charge on any atom is -0.376 e. The number of carbonyl (C=O) groups is 2. The average molecular weight is 351 g/mol. The van der Waals surface area contributed by atoms with E-state index in [9.17, 15) is 9.59 Å². The molecule has 0 aliphatic carbocycles. The number of likely N-dealkylation sites (N-methyl/N-ethyl adjacent to an activating group) is 1. The average Bonchev–Trinajstić information content (AvgIpc) is 2.65. The first kappa shape index (κ1) is 19.2. The molecule has 0 radical (unpaired) electrons. The first-order valence-electron chi connectivity index (χ1n) is 8.62. The van der Waals surface area contributed by atoms with Gasteiger partial charge in [-0.2, -0.15) is 0 Å². The van der Waals surface area contributed by atoms with Crippen LogP contribution < -0.4 is 10.6 Å². The fourth-order valence-electron chi connectivity index (χ4n) is 2.54. The van der Waals surface area contributed by atoms with Crippen LogP contribution in [-0.4, -0.2) is 36.3 Å². The predicted molar refractivity (Wildman–Crippen MR) is 106 cm³/mol. The lowest BCUT2D eigenvalue weighted by Crippen LogP contribution is -2.36. The molecule has 0 fully saturated rings. The fraction of sp³-hybridized carbons (Fsp3) is 0.238. The Morgan fingerprint density at radius 3 is 2.35 bits per heavy atom. The van der Waals surface area contributed by atoms with Gasteiger partial charge >= 0.3 is 0 Å². The Bertz CT molecular complexity index is 772. The van der Waals surface area contributed by atoms with Gasteiger partial charge < -0.3 is 15.5 Å². The lowest BCUT2D eigenvalue weighted by Gasteiger charge is -2.21. The topological polar surface area (TPSA) is 61.4 Å². The number of nitrogens with zero attached hydrogens (tertiary/aromatic N) is 1. The number of nitrogens with one attached hydrogen (secondary N) is 2. The summed E-state index contributed by atoms with van der Waals surface area (Å²) in [6, 6.07) is 16.4. The van der Waals surface area contributed by atoms with Crippen LogP contribution in [0.3, 0.4) is 0 Å². The number of para-hydroxylation sites is 2. The number of benzene rings is 2. The standard InChI is InChI=1S/C21H25N3O2/c1-4-24(15-16(2)3)20(25)14-22-19-13-9-8-12-18(19)21(26)23-17-10-6-5-7-11-17/h5-13,22H,2,4,14-15H2,1,3H3,(H,23,26). The zero-order valence-corrected chi connectivity index (χ0v) is 15.3. The van der Waals surface area contributed by atoms with Crippen molar-refractivity contribution in [2.75, 3.05) is 30.3 Å². The van der Waals surface area contributed by atoms with Gasteiger partial charge in [-0.25, -0.2) is 0 Å². The van der Waals surface area contributed by atoms with Crippen LogP contribution in [0.2, 0.25) is 0 Å². The predicted octanol–water partition coefficient (Wildman–Crippen LogP) is 3.78. The monoisotopic (exact) mass is 351 g/mol. The molecule has 0 unspecified atom stereocenters. The Morgan fingerprint density at radius 2 is 1.69 bits per heavy atom. The molecule has 2 amide bonds. The van der Waals surface area contributed by atoms with Gasteiger partial charge in [0.15, 0.2) is 0 Å². The Labute approximate surface area is 154 Å². The van der Waals surface area contributed by atoms with E-state index < -0.39 is 0 Å². The summed E-state index contributed by atoms with van der Waals surface area (Å²) in [6.07, 6.45) is 0. The molecule has 0 atom stereocenters. The van der Waals surface area contributed by atoms with Gasteiger partial charge in [0.05, 0.1) is 12.1 Å². The molecule has 2 aromatic carbocycles. The summed E-state index contributed by atoms with van der Waals surface area (Å²) in [5.74, 6) is -0.255. The molecule has 2 N–H and O–H groups in total. The summed E-state index contributed by atoms with van der Waals surface area (Å²) in [5.41, 5.74) is 2.78. The highest BCUT2D eigenvalue weighted by molar-refractivity contribution is 6.08. The lowest BCUT2D eigenvalue weighted by molar-refractivity contribution is -0.128. The summed E-state index contributed by atoms with van der Waals surface area (Å²) in [7, 11) is 0. The van der Waals surface area contributed by atoms with E-state index in [0.29, 0.717) is 24.3 Å². The zero-order chi connectivity index (χ0) is 18.9. The summed E-state index contributed by atoms with van der Waals surface area (Å²) in [5, 5.41) is 5.95. The normalized spacial score (nSPS) is 10.1. The fourth-order valence-corrected chi connectivity index (χ4v) is 2.54. The number of anilines is 2. The third-order valence-corrected chi connectivity index (χ3v) is 3.83. The molecule has 2 rings (SSSR count). The SMILES string of the molecule is C=C(C)CN(CC)C(=O)CNc1ccccc1C(=O)Nc1ccccc1. The van der Waals surface area contributed by atoms with Gasteiger partial charge in [0.25, 0.3) is 5.91 Å². The largest absolute Gasteiger partial charge is 0.376 e. The molecule has 0 aromatic heterocycles. The Balaban J connectivity index is 2.05. The first-order valence-corrected chi connectivity index (χ1v) is 8.62. The quantitative estimate of drug-likeness (QED) is 0.712. The van der Waals surface area contributed by atoms with Gasteiger partial charge in [0.2, 0.25) is 5.91 Å². The molecule has 26 heavy (non-hydrogen) atoms. The Morgan fingerprint density at radius 1 is 1.04 bits per heavy atom. The molecular weight excluding hydrogens is 326 g/mol. The Kier molecular flexibility index (Phi) is 6.97. The van der Waals surface area contributed by atoms with E-state index in [-0.39, 0.29) is 18.4 Å². The van der Waals surface area contributed by atoms with Crippen LogP contribution in [-0.2, 0) is 4.79 Å². The zero-order valence-electron chi connectivity index (χ0n) is 15.3. The summed E-state index contributed by atoms with van der Waals surface area (Å²) in [4.78, 5) is 26.7. The third-order valence-electron chi connectivity index (χ3n) is 3.83. The third kappa shape index (κ3) is 5.48. The number of hydrogen-bond acceptors (Lipinski definition) is 3. The summed E-state index contributed by atoms with van der Waals surface area (Å²) >= 11 is 0. The van der Waals surface area contributed by atoms with Crippen molar-refractivity contribution >= 4 is 23.2 Å². The maximum Gasteiger partial charge on any atom is 0.257 e. The van der Waals surface area contributed by atoms with E-state index in [1.54, 1.807) is 23.1 Å². The first-order chi connectivity index (χ1) is 12.5. The minimum atomic E-state index is -0.221. The van der Waals surface area contributed by atoms with Gasteiger partial charge in [0, 0.05) is 24.5 Å². The van der Waals surface area contributed by atoms with Crippen molar-refractivity contribution in [3.63, 3.8) is 0 Å². The van der Waals surface area contributed by atoms with Crippen molar-refractivity contribution in [3.05, 3.63) is 72.3 Å². The van der Waals surface area contributed by atoms with E-state index in [4.69, 9.17) is 0 Å². The van der Waals surface area contributed by atoms with Crippen molar-refractivity contribution in [3.8, 4) is 0 Å². The molecule has 2 aromatic rings. The van der Waals surface area contributed by atoms with Crippen molar-refractivity contribution < 1.29 is 9.59 Å². The molecule has 0 bridgehead atoms. The molecule has 5 heteroatoms. The van der Waals surface area contributed by atoms with Gasteiger partial charge in [0.1, 0.15) is 0 Å². The number of hydrogen-bond donors (Lipinski definition) is 2. The van der Waals surface area contributed by atoms with Gasteiger partial charge in [-0.1, -0.05) is 42.5 Å². The Hall–Kier alpha value is -3.08. The van der Waals surface area contributed by atoms with E-state index >= 15 is 0 Å². The second-order valence-corrected chi connectivity index (χ2v) is 6.08. The molecule has 5 nitrogen and oxygen atoms in total. The van der Waals surface area contributed by atoms with Crippen LogP contribution >= 0.6 is 0 Å². The minimum absolute atomic E-state index is 0.0335. The summed E-state index contributed by atoms with van der Waals surface area (Å²) < 4.78 is 0. The van der Waals surface area contributed by atoms with E-state index in [1.165, 1.54) is 0 Å². The van der Waals surface area contributed by atoms with Crippen molar-refractivity contribution in [1.29, 1.82) is 0 Å². The maximum atomic E-state index is 12.6.